The van der Waals surface area contributed by atoms with Crippen molar-refractivity contribution in [3.8, 4) is 0 Å². The summed E-state index contributed by atoms with van der Waals surface area (Å²) < 4.78 is 0. The van der Waals surface area contributed by atoms with Crippen LogP contribution in [0.2, 0.25) is 0 Å². The first-order valence-electron chi connectivity index (χ1n) is 5.56. The van der Waals surface area contributed by atoms with Gasteiger partial charge in [0.25, 0.3) is 0 Å². The summed E-state index contributed by atoms with van der Waals surface area (Å²) in [5, 5.41) is 11.4. The molecule has 2 N–H and O–H groups in total. The molecule has 96 valence electrons. The largest absolute Gasteiger partial charge is 0.481 e. The SMILES string of the molecule is CC(C)(CC(=O)O)CC(=O)N1CCNC(=O)C1. The number of hydrogen-bond donors (Lipinski definition) is 2. The third-order valence-corrected chi connectivity index (χ3v) is 2.65. The molecule has 1 rings (SSSR count). The molecule has 0 atom stereocenters. The molecule has 0 radical (unpaired) electrons. The van der Waals surface area contributed by atoms with E-state index >= 15 is 0 Å². The number of hydrogen-bond acceptors (Lipinski definition) is 3. The molecule has 2 amide bonds. The number of carbonyl (C=O) groups excluding carboxylic acids is 2. The number of nitrogens with one attached hydrogen (secondary N) is 1. The van der Waals surface area contributed by atoms with E-state index in [0.717, 1.165) is 0 Å². The van der Waals surface area contributed by atoms with Crippen LogP contribution in [0, 0.1) is 5.41 Å². The van der Waals surface area contributed by atoms with E-state index in [1.54, 1.807) is 13.8 Å². The molecule has 0 aromatic heterocycles. The molecule has 0 aromatic carbocycles. The van der Waals surface area contributed by atoms with Crippen molar-refractivity contribution in [2.24, 2.45) is 5.41 Å². The molecule has 0 spiro atoms. The first kappa shape index (κ1) is 13.5. The summed E-state index contributed by atoms with van der Waals surface area (Å²) in [6.07, 6.45) is 0.0886. The number of aliphatic carboxylic acids is 1. The minimum Gasteiger partial charge on any atom is -0.481 e. The van der Waals surface area contributed by atoms with Gasteiger partial charge in [-0.1, -0.05) is 13.8 Å². The summed E-state index contributed by atoms with van der Waals surface area (Å²) in [7, 11) is 0. The lowest BCUT2D eigenvalue weighted by atomic mass is 9.85. The molecule has 1 fully saturated rings. The molecule has 0 aliphatic carbocycles. The molecule has 0 bridgehead atoms. The predicted octanol–water partition coefficient (Wildman–Crippen LogP) is -0.164. The van der Waals surface area contributed by atoms with Crippen molar-refractivity contribution in [1.29, 1.82) is 0 Å². The van der Waals surface area contributed by atoms with Crippen molar-refractivity contribution in [2.75, 3.05) is 19.6 Å². The van der Waals surface area contributed by atoms with E-state index in [2.05, 4.69) is 5.32 Å². The highest BCUT2D eigenvalue weighted by atomic mass is 16.4. The van der Waals surface area contributed by atoms with Gasteiger partial charge in [0, 0.05) is 19.5 Å². The van der Waals surface area contributed by atoms with Crippen LogP contribution in [0.4, 0.5) is 0 Å². The van der Waals surface area contributed by atoms with Gasteiger partial charge in [-0.2, -0.15) is 0 Å². The van der Waals surface area contributed by atoms with Crippen molar-refractivity contribution in [3.05, 3.63) is 0 Å². The third kappa shape index (κ3) is 4.42. The van der Waals surface area contributed by atoms with E-state index in [-0.39, 0.29) is 31.2 Å². The van der Waals surface area contributed by atoms with Crippen molar-refractivity contribution in [3.63, 3.8) is 0 Å². The summed E-state index contributed by atoms with van der Waals surface area (Å²) in [5.74, 6) is -1.24. The van der Waals surface area contributed by atoms with E-state index in [1.165, 1.54) is 4.90 Å². The fraction of sp³-hybridized carbons (Fsp3) is 0.727. The van der Waals surface area contributed by atoms with Gasteiger partial charge in [0.05, 0.1) is 13.0 Å². The van der Waals surface area contributed by atoms with Gasteiger partial charge in [-0.05, 0) is 5.41 Å². The van der Waals surface area contributed by atoms with Crippen LogP contribution in [0.3, 0.4) is 0 Å². The Kier molecular flexibility index (Phi) is 4.09. The standard InChI is InChI=1S/C11H18N2O4/c1-11(2,6-10(16)17)5-9(15)13-4-3-12-8(14)7-13/h3-7H2,1-2H3,(H,12,14)(H,16,17). The highest BCUT2D eigenvalue weighted by Crippen LogP contribution is 2.26. The molecule has 1 aliphatic heterocycles. The number of rotatable bonds is 4. The number of carboxylic acids is 1. The smallest absolute Gasteiger partial charge is 0.303 e. The highest BCUT2D eigenvalue weighted by Gasteiger charge is 2.29. The average molecular weight is 242 g/mol. The second kappa shape index (κ2) is 5.16. The minimum atomic E-state index is -0.917. The first-order chi connectivity index (χ1) is 7.80. The van der Waals surface area contributed by atoms with Gasteiger partial charge in [-0.3, -0.25) is 14.4 Å². The maximum absolute atomic E-state index is 11.9. The van der Waals surface area contributed by atoms with E-state index < -0.39 is 11.4 Å². The normalized spacial score (nSPS) is 16.6. The number of piperazine rings is 1. The number of carboxylic acid groups (broad SMARTS) is 1. The van der Waals surface area contributed by atoms with Gasteiger partial charge >= 0.3 is 5.97 Å². The van der Waals surface area contributed by atoms with Crippen LogP contribution >= 0.6 is 0 Å². The Bertz CT molecular complexity index is 338. The number of nitrogens with zero attached hydrogens (tertiary/aromatic N) is 1. The Morgan fingerprint density at radius 3 is 2.59 bits per heavy atom. The van der Waals surface area contributed by atoms with E-state index in [4.69, 9.17) is 5.11 Å². The predicted molar refractivity (Wildman–Crippen MR) is 60.2 cm³/mol. The Morgan fingerprint density at radius 1 is 1.41 bits per heavy atom. The van der Waals surface area contributed by atoms with Crippen molar-refractivity contribution < 1.29 is 19.5 Å². The highest BCUT2D eigenvalue weighted by molar-refractivity contribution is 5.86. The number of carbonyl (C=O) groups is 3. The summed E-state index contributed by atoms with van der Waals surface area (Å²) in [4.78, 5) is 35.1. The molecule has 0 aromatic rings. The second-order valence-electron chi connectivity index (χ2n) is 5.08. The molecule has 0 saturated carbocycles. The van der Waals surface area contributed by atoms with Crippen molar-refractivity contribution >= 4 is 17.8 Å². The Morgan fingerprint density at radius 2 is 2.06 bits per heavy atom. The molecular formula is C11H18N2O4. The number of amides is 2. The summed E-state index contributed by atoms with van der Waals surface area (Å²) >= 11 is 0. The van der Waals surface area contributed by atoms with Gasteiger partial charge in [0.15, 0.2) is 0 Å². The van der Waals surface area contributed by atoms with Crippen LogP contribution in [0.5, 0.6) is 0 Å². The van der Waals surface area contributed by atoms with Crippen LogP contribution in [0.25, 0.3) is 0 Å². The lowest BCUT2D eigenvalue weighted by molar-refractivity contribution is -0.143. The average Bonchev–Trinajstić information content (AvgIpc) is 2.14. The van der Waals surface area contributed by atoms with E-state index in [0.29, 0.717) is 13.1 Å². The molecule has 1 saturated heterocycles. The van der Waals surface area contributed by atoms with Crippen LogP contribution in [0.1, 0.15) is 26.7 Å². The monoisotopic (exact) mass is 242 g/mol. The van der Waals surface area contributed by atoms with Crippen molar-refractivity contribution in [1.82, 2.24) is 10.2 Å². The van der Waals surface area contributed by atoms with Crippen LogP contribution in [-0.4, -0.2) is 47.4 Å². The maximum Gasteiger partial charge on any atom is 0.303 e. The first-order valence-corrected chi connectivity index (χ1v) is 5.56. The Hall–Kier alpha value is -1.59. The second-order valence-corrected chi connectivity index (χ2v) is 5.08. The third-order valence-electron chi connectivity index (χ3n) is 2.65. The summed E-state index contributed by atoms with van der Waals surface area (Å²) in [6.45, 7) is 4.51. The van der Waals surface area contributed by atoms with Crippen LogP contribution in [-0.2, 0) is 14.4 Å². The zero-order valence-electron chi connectivity index (χ0n) is 10.2. The zero-order valence-corrected chi connectivity index (χ0v) is 10.2. The fourth-order valence-electron chi connectivity index (χ4n) is 1.84. The minimum absolute atomic E-state index is 0.0568. The molecular weight excluding hydrogens is 224 g/mol. The molecule has 0 unspecified atom stereocenters. The fourth-order valence-corrected chi connectivity index (χ4v) is 1.84. The lowest BCUT2D eigenvalue weighted by Gasteiger charge is -2.30. The molecule has 17 heavy (non-hydrogen) atoms. The van der Waals surface area contributed by atoms with Gasteiger partial charge in [-0.15, -0.1) is 0 Å². The van der Waals surface area contributed by atoms with Gasteiger partial charge in [0.1, 0.15) is 0 Å². The van der Waals surface area contributed by atoms with Crippen LogP contribution in [0.15, 0.2) is 0 Å². The molecule has 1 aliphatic rings. The Balaban J connectivity index is 2.53. The molecule has 6 heteroatoms. The van der Waals surface area contributed by atoms with Gasteiger partial charge < -0.3 is 15.3 Å². The quantitative estimate of drug-likeness (QED) is 0.717. The van der Waals surface area contributed by atoms with Crippen molar-refractivity contribution in [2.45, 2.75) is 26.7 Å². The van der Waals surface area contributed by atoms with Gasteiger partial charge in [-0.25, -0.2) is 0 Å². The van der Waals surface area contributed by atoms with Crippen LogP contribution < -0.4 is 5.32 Å². The maximum atomic E-state index is 11.9. The lowest BCUT2D eigenvalue weighted by Crippen LogP contribution is -2.50. The Labute approximate surface area is 100.0 Å². The summed E-state index contributed by atoms with van der Waals surface area (Å²) in [6, 6.07) is 0. The topological polar surface area (TPSA) is 86.7 Å². The van der Waals surface area contributed by atoms with E-state index in [9.17, 15) is 14.4 Å². The van der Waals surface area contributed by atoms with E-state index in [1.807, 2.05) is 0 Å². The molecule has 1 heterocycles. The molecule has 6 nitrogen and oxygen atoms in total. The zero-order chi connectivity index (χ0) is 13.1. The summed E-state index contributed by atoms with van der Waals surface area (Å²) in [5.41, 5.74) is -0.586. The van der Waals surface area contributed by atoms with Gasteiger partial charge in [0.2, 0.25) is 11.8 Å².